The summed E-state index contributed by atoms with van der Waals surface area (Å²) in [7, 11) is 0. The third-order valence-corrected chi connectivity index (χ3v) is 8.62. The first-order chi connectivity index (χ1) is 21.2. The van der Waals surface area contributed by atoms with Crippen LogP contribution in [-0.4, -0.2) is 73.6 Å². The van der Waals surface area contributed by atoms with Crippen LogP contribution >= 0.6 is 0 Å². The van der Waals surface area contributed by atoms with Crippen molar-refractivity contribution in [2.24, 2.45) is 11.3 Å². The molecule has 45 heavy (non-hydrogen) atoms. The van der Waals surface area contributed by atoms with Gasteiger partial charge in [0.05, 0.1) is 17.8 Å². The number of imidazole rings is 1. The Hall–Kier alpha value is -4.12. The largest absolute Gasteiger partial charge is 0.444 e. The topological polar surface area (TPSA) is 105 Å². The smallest absolute Gasteiger partial charge is 0.410 e. The maximum atomic E-state index is 15.0. The average Bonchev–Trinajstić information content (AvgIpc) is 3.57. The predicted molar refractivity (Wildman–Crippen MR) is 163 cm³/mol. The molecule has 2 aliphatic rings. The number of benzene rings is 2. The standard InChI is InChI=1S/C34H40F2N4O5/c1-33(2,3)45-32(44)39-15-13-22-19-40(31(43)28(42)27(22)39)29(34(4,5)14-16-41)30-37-26(24-17-23(35)11-12-25(24)36)20-38(30)18-21-9-7-6-8-10-21/h6-12,16-17,20,22,27-29,42H,13-15,18-19H2,1-5H3/t22-,27?,28+,29?/m1/s1. The molecule has 1 N–H and O–H groups in total. The molecule has 9 nitrogen and oxygen atoms in total. The predicted octanol–water partition coefficient (Wildman–Crippen LogP) is 5.36. The van der Waals surface area contributed by atoms with Gasteiger partial charge in [-0.2, -0.15) is 0 Å². The van der Waals surface area contributed by atoms with Gasteiger partial charge in [-0.25, -0.2) is 18.6 Å². The fourth-order valence-electron chi connectivity index (χ4n) is 6.55. The summed E-state index contributed by atoms with van der Waals surface area (Å²) >= 11 is 0. The van der Waals surface area contributed by atoms with Crippen molar-refractivity contribution in [3.63, 3.8) is 0 Å². The minimum atomic E-state index is -1.54. The quantitative estimate of drug-likeness (QED) is 0.339. The Balaban J connectivity index is 1.59. The van der Waals surface area contributed by atoms with Crippen molar-refractivity contribution in [3.05, 3.63) is 77.8 Å². The molecule has 2 aliphatic heterocycles. The number of halogens is 2. The number of likely N-dealkylation sites (tertiary alicyclic amines) is 2. The van der Waals surface area contributed by atoms with Gasteiger partial charge in [0.25, 0.3) is 5.91 Å². The summed E-state index contributed by atoms with van der Waals surface area (Å²) in [6, 6.07) is 11.0. The Morgan fingerprint density at radius 2 is 1.84 bits per heavy atom. The number of ether oxygens (including phenoxy) is 1. The number of aliphatic hydroxyl groups excluding tert-OH is 1. The van der Waals surface area contributed by atoms with Crippen LogP contribution in [0.1, 0.15) is 64.9 Å². The van der Waals surface area contributed by atoms with Gasteiger partial charge in [0.15, 0.2) is 6.10 Å². The van der Waals surface area contributed by atoms with Gasteiger partial charge in [-0.05, 0) is 56.4 Å². The second-order valence-electron chi connectivity index (χ2n) is 13.6. The van der Waals surface area contributed by atoms with Gasteiger partial charge in [-0.15, -0.1) is 0 Å². The highest BCUT2D eigenvalue weighted by molar-refractivity contribution is 5.84. The SMILES string of the molecule is CC(C)(C)OC(=O)N1CC[C@@H]2CN(C(c3nc(-c4cc(F)ccc4F)cn3Cc3ccccc3)C(C)(C)CC=O)C(=O)[C@@H](O)C21. The molecule has 1 aromatic heterocycles. The summed E-state index contributed by atoms with van der Waals surface area (Å²) < 4.78 is 36.6. The normalized spacial score (nSPS) is 21.1. The first kappa shape index (κ1) is 32.3. The van der Waals surface area contributed by atoms with Crippen LogP contribution in [0.2, 0.25) is 0 Å². The van der Waals surface area contributed by atoms with Crippen molar-refractivity contribution in [3.8, 4) is 11.3 Å². The fraction of sp³-hybridized carbons (Fsp3) is 0.471. The van der Waals surface area contributed by atoms with E-state index in [1.54, 1.807) is 36.4 Å². The van der Waals surface area contributed by atoms with E-state index in [1.165, 1.54) is 4.90 Å². The maximum Gasteiger partial charge on any atom is 0.410 e. The molecule has 2 saturated heterocycles. The number of hydrogen-bond acceptors (Lipinski definition) is 6. The van der Waals surface area contributed by atoms with E-state index in [-0.39, 0.29) is 30.1 Å². The van der Waals surface area contributed by atoms with Crippen molar-refractivity contribution in [2.75, 3.05) is 13.1 Å². The lowest BCUT2D eigenvalue weighted by Crippen LogP contribution is -2.61. The molecule has 11 heteroatoms. The molecule has 2 amide bonds. The Morgan fingerprint density at radius 3 is 2.51 bits per heavy atom. The van der Waals surface area contributed by atoms with E-state index in [0.717, 1.165) is 30.0 Å². The number of hydrogen-bond donors (Lipinski definition) is 1. The first-order valence-electron chi connectivity index (χ1n) is 15.2. The number of aldehydes is 1. The molecule has 0 spiro atoms. The molecule has 0 aliphatic carbocycles. The Kier molecular flexibility index (Phi) is 8.86. The van der Waals surface area contributed by atoms with Crippen LogP contribution in [-0.2, 0) is 20.9 Å². The molecule has 3 heterocycles. The van der Waals surface area contributed by atoms with Crippen LogP contribution in [0.5, 0.6) is 0 Å². The molecule has 240 valence electrons. The van der Waals surface area contributed by atoms with Crippen molar-refractivity contribution in [2.45, 2.75) is 77.8 Å². The van der Waals surface area contributed by atoms with Gasteiger partial charge in [0.2, 0.25) is 0 Å². The number of amides is 2. The highest BCUT2D eigenvalue weighted by Crippen LogP contribution is 2.45. The molecule has 2 aromatic carbocycles. The summed E-state index contributed by atoms with van der Waals surface area (Å²) in [6.07, 6.45) is 0.858. The summed E-state index contributed by atoms with van der Waals surface area (Å²) in [5.74, 6) is -1.79. The third kappa shape index (κ3) is 6.63. The number of aliphatic hydroxyl groups is 1. The monoisotopic (exact) mass is 622 g/mol. The van der Waals surface area contributed by atoms with Crippen molar-refractivity contribution >= 4 is 18.3 Å². The van der Waals surface area contributed by atoms with E-state index in [4.69, 9.17) is 9.72 Å². The van der Waals surface area contributed by atoms with Crippen LogP contribution in [0.15, 0.2) is 54.7 Å². The van der Waals surface area contributed by atoms with Crippen LogP contribution in [0.25, 0.3) is 11.3 Å². The Bertz CT molecular complexity index is 1570. The van der Waals surface area contributed by atoms with E-state index in [1.807, 2.05) is 44.2 Å². The number of carbonyl (C=O) groups excluding carboxylic acids is 3. The lowest BCUT2D eigenvalue weighted by molar-refractivity contribution is -0.158. The molecular formula is C34H40F2N4O5. The van der Waals surface area contributed by atoms with Crippen molar-refractivity contribution < 1.29 is 33.0 Å². The zero-order valence-electron chi connectivity index (χ0n) is 26.2. The zero-order valence-corrected chi connectivity index (χ0v) is 26.2. The molecule has 3 aromatic rings. The third-order valence-electron chi connectivity index (χ3n) is 8.62. The molecule has 4 atom stereocenters. The van der Waals surface area contributed by atoms with Crippen molar-refractivity contribution in [1.29, 1.82) is 0 Å². The van der Waals surface area contributed by atoms with Crippen LogP contribution in [0, 0.1) is 23.0 Å². The highest BCUT2D eigenvalue weighted by Gasteiger charge is 2.54. The van der Waals surface area contributed by atoms with Crippen molar-refractivity contribution in [1.82, 2.24) is 19.4 Å². The summed E-state index contributed by atoms with van der Waals surface area (Å²) in [6.45, 7) is 9.74. The molecular weight excluding hydrogens is 582 g/mol. The number of nitrogens with zero attached hydrogens (tertiary/aromatic N) is 4. The number of aromatic nitrogens is 2. The lowest BCUT2D eigenvalue weighted by atomic mass is 9.77. The molecule has 0 bridgehead atoms. The van der Waals surface area contributed by atoms with Gasteiger partial charge in [-0.1, -0.05) is 44.2 Å². The summed E-state index contributed by atoms with van der Waals surface area (Å²) in [4.78, 5) is 46.9. The van der Waals surface area contributed by atoms with E-state index < -0.39 is 52.8 Å². The maximum absolute atomic E-state index is 15.0. The van der Waals surface area contributed by atoms with E-state index in [0.29, 0.717) is 25.3 Å². The van der Waals surface area contributed by atoms with Crippen LogP contribution in [0.3, 0.4) is 0 Å². The van der Waals surface area contributed by atoms with Gasteiger partial charge in [0, 0.05) is 43.7 Å². The van der Waals surface area contributed by atoms with E-state index in [9.17, 15) is 28.3 Å². The second-order valence-corrected chi connectivity index (χ2v) is 13.6. The van der Waals surface area contributed by atoms with Gasteiger partial charge >= 0.3 is 6.09 Å². The summed E-state index contributed by atoms with van der Waals surface area (Å²) in [5.41, 5.74) is -0.592. The zero-order chi connectivity index (χ0) is 32.7. The lowest BCUT2D eigenvalue weighted by Gasteiger charge is -2.47. The summed E-state index contributed by atoms with van der Waals surface area (Å²) in [5, 5.41) is 11.5. The molecule has 2 unspecified atom stereocenters. The molecule has 0 saturated carbocycles. The Morgan fingerprint density at radius 1 is 1.13 bits per heavy atom. The van der Waals surface area contributed by atoms with Gasteiger partial charge in [-0.3, -0.25) is 4.79 Å². The number of carbonyl (C=O) groups is 3. The van der Waals surface area contributed by atoms with E-state index >= 15 is 0 Å². The average molecular weight is 623 g/mol. The molecule has 5 rings (SSSR count). The fourth-order valence-corrected chi connectivity index (χ4v) is 6.55. The van der Waals surface area contributed by atoms with Crippen LogP contribution < -0.4 is 0 Å². The number of rotatable bonds is 8. The second kappa shape index (κ2) is 12.3. The number of piperidine rings is 1. The van der Waals surface area contributed by atoms with Gasteiger partial charge < -0.3 is 29.0 Å². The molecule has 0 radical (unpaired) electrons. The minimum absolute atomic E-state index is 0.0381. The van der Waals surface area contributed by atoms with E-state index in [2.05, 4.69) is 0 Å². The minimum Gasteiger partial charge on any atom is -0.444 e. The highest BCUT2D eigenvalue weighted by atomic mass is 19.1. The number of fused-ring (bicyclic) bond motifs is 1. The first-order valence-corrected chi connectivity index (χ1v) is 15.2. The van der Waals surface area contributed by atoms with Crippen LogP contribution in [0.4, 0.5) is 13.6 Å². The van der Waals surface area contributed by atoms with Gasteiger partial charge in [0.1, 0.15) is 29.3 Å². The Labute approximate surface area is 261 Å². The molecule has 2 fully saturated rings.